The van der Waals surface area contributed by atoms with Gasteiger partial charge in [-0.15, -0.1) is 11.3 Å². The van der Waals surface area contributed by atoms with E-state index in [1.165, 1.54) is 41.7 Å². The van der Waals surface area contributed by atoms with Crippen LogP contribution in [0.3, 0.4) is 0 Å². The van der Waals surface area contributed by atoms with Crippen molar-refractivity contribution in [1.82, 2.24) is 15.5 Å². The average Bonchev–Trinajstić information content (AvgIpc) is 3.74. The monoisotopic (exact) mass is 668 g/mol. The van der Waals surface area contributed by atoms with Gasteiger partial charge in [-0.1, -0.05) is 35.4 Å². The van der Waals surface area contributed by atoms with Gasteiger partial charge in [-0.05, 0) is 41.8 Å². The Balaban J connectivity index is 1.29. The molecule has 0 radical (unpaired) electrons. The SMILES string of the molecule is C[C@@H](NC(=O)[C@@H]1C[C@](F)(COCCN=[N+]=[N-])CN1C(=O)CNC(=O)c1ccc2c(c1)-c1ccccc1C2(F)F)c1cc(C(=N)N)cs1. The molecule has 1 aliphatic heterocycles. The Morgan fingerprint density at radius 3 is 2.64 bits per heavy atom. The van der Waals surface area contributed by atoms with Gasteiger partial charge in [0.2, 0.25) is 11.8 Å². The van der Waals surface area contributed by atoms with E-state index in [1.54, 1.807) is 30.5 Å². The Kier molecular flexibility index (Phi) is 9.56. The number of azide groups is 1. The van der Waals surface area contributed by atoms with Gasteiger partial charge >= 0.3 is 0 Å². The maximum atomic E-state index is 16.0. The number of nitrogens with one attached hydrogen (secondary N) is 3. The van der Waals surface area contributed by atoms with Crippen LogP contribution in [0.1, 0.15) is 51.3 Å². The van der Waals surface area contributed by atoms with Crippen LogP contribution < -0.4 is 16.4 Å². The number of likely N-dealkylation sites (tertiary alicyclic amines) is 1. The molecule has 1 aliphatic carbocycles. The number of carbonyl (C=O) groups is 3. The highest BCUT2D eigenvalue weighted by atomic mass is 32.1. The first kappa shape index (κ1) is 33.4. The summed E-state index contributed by atoms with van der Waals surface area (Å²) in [6.45, 7) is 0.0227. The lowest BCUT2D eigenvalue weighted by Crippen LogP contribution is -2.49. The quantitative estimate of drug-likeness (QED) is 0.0556. The third-order valence-electron chi connectivity index (χ3n) is 8.06. The summed E-state index contributed by atoms with van der Waals surface area (Å²) in [7, 11) is 0. The lowest BCUT2D eigenvalue weighted by molar-refractivity contribution is -0.138. The third kappa shape index (κ3) is 6.94. The van der Waals surface area contributed by atoms with Gasteiger partial charge < -0.3 is 26.0 Å². The number of amidine groups is 1. The zero-order chi connectivity index (χ0) is 33.9. The van der Waals surface area contributed by atoms with Crippen molar-refractivity contribution in [2.24, 2.45) is 10.8 Å². The highest BCUT2D eigenvalue weighted by molar-refractivity contribution is 7.10. The van der Waals surface area contributed by atoms with Crippen LogP contribution in [0.25, 0.3) is 21.6 Å². The van der Waals surface area contributed by atoms with E-state index in [4.69, 9.17) is 21.4 Å². The number of carbonyl (C=O) groups excluding carboxylic acids is 3. The van der Waals surface area contributed by atoms with E-state index in [1.807, 2.05) is 0 Å². The van der Waals surface area contributed by atoms with Crippen LogP contribution in [0.4, 0.5) is 13.2 Å². The Hall–Kier alpha value is -4.92. The number of hydrogen-bond acceptors (Lipinski definition) is 7. The Morgan fingerprint density at radius 2 is 1.91 bits per heavy atom. The van der Waals surface area contributed by atoms with E-state index in [9.17, 15) is 23.2 Å². The first-order chi connectivity index (χ1) is 22.3. The van der Waals surface area contributed by atoms with Gasteiger partial charge in [0.05, 0.1) is 32.3 Å². The molecule has 2 aromatic carbocycles. The fourth-order valence-corrected chi connectivity index (χ4v) is 6.64. The van der Waals surface area contributed by atoms with Gasteiger partial charge in [0.1, 0.15) is 11.9 Å². The maximum Gasteiger partial charge on any atom is 0.299 e. The van der Waals surface area contributed by atoms with Gasteiger partial charge in [-0.2, -0.15) is 8.78 Å². The molecule has 2 heterocycles. The minimum atomic E-state index is -3.22. The van der Waals surface area contributed by atoms with Crippen LogP contribution in [0.2, 0.25) is 0 Å². The second-order valence-electron chi connectivity index (χ2n) is 11.3. The highest BCUT2D eigenvalue weighted by Gasteiger charge is 2.50. The van der Waals surface area contributed by atoms with Crippen molar-refractivity contribution in [3.63, 3.8) is 0 Å². The molecule has 0 unspecified atom stereocenters. The number of ether oxygens (including phenoxy) is 1. The summed E-state index contributed by atoms with van der Waals surface area (Å²) >= 11 is 1.27. The largest absolute Gasteiger partial charge is 0.384 e. The van der Waals surface area contributed by atoms with Crippen LogP contribution in [0.5, 0.6) is 0 Å². The fourth-order valence-electron chi connectivity index (χ4n) is 5.72. The normalized spacial score (nSPS) is 19.7. The molecule has 0 bridgehead atoms. The molecule has 1 saturated heterocycles. The molecule has 2 aliphatic rings. The lowest BCUT2D eigenvalue weighted by atomic mass is 10.0. The molecule has 5 N–H and O–H groups in total. The molecule has 246 valence electrons. The number of hydrogen-bond donors (Lipinski definition) is 4. The van der Waals surface area contributed by atoms with Crippen molar-refractivity contribution >= 4 is 34.9 Å². The Bertz CT molecular complexity index is 1780. The Morgan fingerprint density at radius 1 is 1.17 bits per heavy atom. The second-order valence-corrected chi connectivity index (χ2v) is 12.3. The van der Waals surface area contributed by atoms with Gasteiger partial charge in [-0.3, -0.25) is 19.8 Å². The van der Waals surface area contributed by atoms with Crippen molar-refractivity contribution in [3.8, 4) is 11.1 Å². The predicted molar refractivity (Wildman–Crippen MR) is 168 cm³/mol. The summed E-state index contributed by atoms with van der Waals surface area (Å²) in [5.74, 6) is -5.44. The number of nitrogen functional groups attached to an aromatic ring is 1. The van der Waals surface area contributed by atoms with Crippen molar-refractivity contribution in [2.75, 3.05) is 32.8 Å². The number of amides is 3. The summed E-state index contributed by atoms with van der Waals surface area (Å²) < 4.78 is 51.2. The van der Waals surface area contributed by atoms with E-state index >= 15 is 4.39 Å². The molecule has 0 spiro atoms. The number of halogens is 3. The molecule has 12 nitrogen and oxygen atoms in total. The number of alkyl halides is 3. The molecule has 1 aromatic heterocycles. The first-order valence-electron chi connectivity index (χ1n) is 14.6. The lowest BCUT2D eigenvalue weighted by Gasteiger charge is -2.25. The molecule has 5 rings (SSSR count). The number of nitrogens with two attached hydrogens (primary N) is 1. The fraction of sp³-hybridized carbons (Fsp3) is 0.355. The van der Waals surface area contributed by atoms with E-state index in [2.05, 4.69) is 20.7 Å². The summed E-state index contributed by atoms with van der Waals surface area (Å²) in [4.78, 5) is 44.2. The van der Waals surface area contributed by atoms with E-state index < -0.39 is 67.5 Å². The summed E-state index contributed by atoms with van der Waals surface area (Å²) in [5, 5.41) is 17.8. The second kappa shape index (κ2) is 13.4. The zero-order valence-corrected chi connectivity index (χ0v) is 26.0. The molecule has 3 aromatic rings. The minimum absolute atomic E-state index is 0.0301. The van der Waals surface area contributed by atoms with Crippen LogP contribution >= 0.6 is 11.3 Å². The van der Waals surface area contributed by atoms with Crippen LogP contribution in [-0.2, 0) is 20.2 Å². The minimum Gasteiger partial charge on any atom is -0.384 e. The molecule has 47 heavy (non-hydrogen) atoms. The van der Waals surface area contributed by atoms with Gasteiger partial charge in [-0.25, -0.2) is 4.39 Å². The topological polar surface area (TPSA) is 186 Å². The molecule has 0 saturated carbocycles. The standard InChI is InChI=1S/C31H31F3N8O4S/c1-17(25-11-19(14-47-25)27(35)36)40-29(45)24-12-30(32,16-46-9-8-39-41-37)15-42(24)26(43)13-38-28(44)18-6-7-23-21(10-18)20-4-2-3-5-22(20)31(23,33)34/h2-7,10-11,14,17,24H,8-9,12-13,15-16H2,1H3,(H3,35,36)(H,38,44)(H,40,45)/t17-,24+,30-/m1/s1. The highest BCUT2D eigenvalue weighted by Crippen LogP contribution is 2.51. The van der Waals surface area contributed by atoms with Gasteiger partial charge in [0.25, 0.3) is 11.8 Å². The molecule has 1 fully saturated rings. The summed E-state index contributed by atoms with van der Waals surface area (Å²) in [6.07, 6.45) is -0.395. The van der Waals surface area contributed by atoms with Gasteiger partial charge in [0.15, 0.2) is 5.67 Å². The third-order valence-corrected chi connectivity index (χ3v) is 9.18. The van der Waals surface area contributed by atoms with Crippen molar-refractivity contribution in [3.05, 3.63) is 91.5 Å². The van der Waals surface area contributed by atoms with Crippen molar-refractivity contribution in [2.45, 2.75) is 37.0 Å². The van der Waals surface area contributed by atoms with Gasteiger partial charge in [0, 0.05) is 50.4 Å². The molecular weight excluding hydrogens is 637 g/mol. The number of benzene rings is 2. The predicted octanol–water partition coefficient (Wildman–Crippen LogP) is 4.40. The van der Waals surface area contributed by atoms with E-state index in [0.717, 1.165) is 4.90 Å². The molecule has 3 atom stereocenters. The van der Waals surface area contributed by atoms with Crippen LogP contribution in [-0.4, -0.2) is 73.0 Å². The molecule has 3 amide bonds. The number of rotatable bonds is 12. The smallest absolute Gasteiger partial charge is 0.299 e. The summed E-state index contributed by atoms with van der Waals surface area (Å²) in [6, 6.07) is 9.63. The Labute approximate surface area is 271 Å². The van der Waals surface area contributed by atoms with Crippen molar-refractivity contribution < 1.29 is 32.3 Å². The molecular formula is C31H31F3N8O4S. The van der Waals surface area contributed by atoms with Crippen LogP contribution in [0, 0.1) is 5.41 Å². The maximum absolute atomic E-state index is 16.0. The first-order valence-corrected chi connectivity index (χ1v) is 15.4. The number of nitrogens with zero attached hydrogens (tertiary/aromatic N) is 4. The van der Waals surface area contributed by atoms with Crippen molar-refractivity contribution in [1.29, 1.82) is 5.41 Å². The average molecular weight is 669 g/mol. The van der Waals surface area contributed by atoms with E-state index in [-0.39, 0.29) is 41.2 Å². The summed E-state index contributed by atoms with van der Waals surface area (Å²) in [5.41, 5.74) is 12.5. The number of fused-ring (bicyclic) bond motifs is 3. The van der Waals surface area contributed by atoms with Crippen LogP contribution in [0.15, 0.2) is 59.0 Å². The molecule has 16 heteroatoms. The number of thiophene rings is 1. The zero-order valence-electron chi connectivity index (χ0n) is 25.1. The van der Waals surface area contributed by atoms with E-state index in [0.29, 0.717) is 16.0 Å².